The molecule has 7 nitrogen and oxygen atoms in total. The Labute approximate surface area is 88.1 Å². The minimum Gasteiger partial charge on any atom is -0.351 e. The number of rotatable bonds is 4. The third-order valence-corrected chi connectivity index (χ3v) is 2.06. The maximum atomic E-state index is 5.29. The number of nitrogens with zero attached hydrogens (tertiary/aromatic N) is 4. The van der Waals surface area contributed by atoms with Crippen LogP contribution in [0.1, 0.15) is 12.8 Å². The van der Waals surface area contributed by atoms with Crippen LogP contribution in [0.15, 0.2) is 0 Å². The van der Waals surface area contributed by atoms with Crippen LogP contribution in [0.3, 0.4) is 0 Å². The fourth-order valence-electron chi connectivity index (χ4n) is 1.10. The molecule has 0 aromatic carbocycles. The zero-order chi connectivity index (χ0) is 10.8. The molecule has 1 aromatic heterocycles. The molecule has 0 bridgehead atoms. The maximum absolute atomic E-state index is 5.29. The lowest BCUT2D eigenvalue weighted by Gasteiger charge is -2.12. The van der Waals surface area contributed by atoms with Crippen LogP contribution < -0.4 is 21.5 Å². The monoisotopic (exact) mass is 209 g/mol. The Morgan fingerprint density at radius 3 is 2.40 bits per heavy atom. The summed E-state index contributed by atoms with van der Waals surface area (Å²) in [6.07, 6.45) is 2.35. The molecule has 1 aliphatic rings. The fraction of sp³-hybridized carbons (Fsp3) is 0.625. The van der Waals surface area contributed by atoms with Gasteiger partial charge in [0.25, 0.3) is 0 Å². The number of hydrazine groups is 1. The van der Waals surface area contributed by atoms with Gasteiger partial charge in [0.15, 0.2) is 0 Å². The first-order chi connectivity index (χ1) is 7.19. The average molecular weight is 209 g/mol. The van der Waals surface area contributed by atoms with Gasteiger partial charge in [-0.3, -0.25) is 5.43 Å². The van der Waals surface area contributed by atoms with Crippen molar-refractivity contribution >= 4 is 17.8 Å². The lowest BCUT2D eigenvalue weighted by Crippen LogP contribution is -2.19. The molecule has 4 N–H and O–H groups in total. The molecule has 15 heavy (non-hydrogen) atoms. The Balaban J connectivity index is 2.23. The Bertz CT molecular complexity index is 347. The Morgan fingerprint density at radius 1 is 1.20 bits per heavy atom. The second-order valence-corrected chi connectivity index (χ2v) is 3.74. The lowest BCUT2D eigenvalue weighted by molar-refractivity contribution is 0.938. The molecule has 1 aliphatic carbocycles. The first kappa shape index (κ1) is 9.91. The predicted octanol–water partition coefficient (Wildman–Crippen LogP) is -0.203. The van der Waals surface area contributed by atoms with Gasteiger partial charge in [-0.15, -0.1) is 0 Å². The highest BCUT2D eigenvalue weighted by molar-refractivity contribution is 5.43. The summed E-state index contributed by atoms with van der Waals surface area (Å²) in [5.41, 5.74) is 2.43. The van der Waals surface area contributed by atoms with Crippen molar-refractivity contribution in [3.8, 4) is 0 Å². The van der Waals surface area contributed by atoms with Crippen LogP contribution >= 0.6 is 0 Å². The van der Waals surface area contributed by atoms with Crippen LogP contribution in [-0.4, -0.2) is 35.1 Å². The number of anilines is 3. The molecular weight excluding hydrogens is 194 g/mol. The van der Waals surface area contributed by atoms with Crippen LogP contribution in [0.2, 0.25) is 0 Å². The van der Waals surface area contributed by atoms with Crippen molar-refractivity contribution in [2.45, 2.75) is 18.9 Å². The molecule has 1 aromatic rings. The average Bonchev–Trinajstić information content (AvgIpc) is 3.01. The van der Waals surface area contributed by atoms with Gasteiger partial charge in [0.1, 0.15) is 0 Å². The van der Waals surface area contributed by atoms with Crippen molar-refractivity contribution in [2.75, 3.05) is 29.7 Å². The Hall–Kier alpha value is -1.63. The summed E-state index contributed by atoms with van der Waals surface area (Å²) >= 11 is 0. The summed E-state index contributed by atoms with van der Waals surface area (Å²) in [7, 11) is 3.74. The van der Waals surface area contributed by atoms with Gasteiger partial charge in [-0.2, -0.15) is 15.0 Å². The first-order valence-electron chi connectivity index (χ1n) is 4.85. The summed E-state index contributed by atoms with van der Waals surface area (Å²) in [6.45, 7) is 0. The molecule has 0 radical (unpaired) electrons. The highest BCUT2D eigenvalue weighted by Gasteiger charge is 2.22. The van der Waals surface area contributed by atoms with Crippen molar-refractivity contribution < 1.29 is 0 Å². The van der Waals surface area contributed by atoms with Gasteiger partial charge in [0.05, 0.1) is 0 Å². The van der Waals surface area contributed by atoms with Crippen LogP contribution in [-0.2, 0) is 0 Å². The maximum Gasteiger partial charge on any atom is 0.243 e. The zero-order valence-corrected chi connectivity index (χ0v) is 8.86. The van der Waals surface area contributed by atoms with E-state index in [9.17, 15) is 0 Å². The van der Waals surface area contributed by atoms with Crippen molar-refractivity contribution in [2.24, 2.45) is 5.84 Å². The van der Waals surface area contributed by atoms with E-state index in [1.165, 1.54) is 12.8 Å². The lowest BCUT2D eigenvalue weighted by atomic mass is 10.7. The largest absolute Gasteiger partial charge is 0.351 e. The van der Waals surface area contributed by atoms with Gasteiger partial charge in [0.2, 0.25) is 17.8 Å². The molecule has 82 valence electrons. The number of nitrogen functional groups attached to an aromatic ring is 1. The summed E-state index contributed by atoms with van der Waals surface area (Å²) < 4.78 is 0. The summed E-state index contributed by atoms with van der Waals surface area (Å²) in [5, 5.41) is 3.20. The summed E-state index contributed by atoms with van der Waals surface area (Å²) in [4.78, 5) is 14.3. The van der Waals surface area contributed by atoms with E-state index in [1.54, 1.807) is 4.90 Å². The molecule has 1 saturated carbocycles. The van der Waals surface area contributed by atoms with E-state index in [1.807, 2.05) is 14.1 Å². The molecule has 0 amide bonds. The molecular formula is C8H15N7. The quantitative estimate of drug-likeness (QED) is 0.467. The summed E-state index contributed by atoms with van der Waals surface area (Å²) in [5.74, 6) is 6.81. The van der Waals surface area contributed by atoms with E-state index < -0.39 is 0 Å². The van der Waals surface area contributed by atoms with Gasteiger partial charge in [-0.1, -0.05) is 0 Å². The molecule has 0 atom stereocenters. The van der Waals surface area contributed by atoms with E-state index in [-0.39, 0.29) is 0 Å². The van der Waals surface area contributed by atoms with E-state index in [0.29, 0.717) is 23.9 Å². The van der Waals surface area contributed by atoms with Crippen molar-refractivity contribution in [3.05, 3.63) is 0 Å². The third kappa shape index (κ3) is 2.44. The number of nitrogens with one attached hydrogen (secondary N) is 2. The van der Waals surface area contributed by atoms with Crippen molar-refractivity contribution in [3.63, 3.8) is 0 Å². The fourth-order valence-corrected chi connectivity index (χ4v) is 1.10. The molecule has 0 spiro atoms. The molecule has 1 heterocycles. The standard InChI is InChI=1S/C8H15N7/c1-15(2)8-12-6(10-5-3-4-5)11-7(13-8)14-9/h5H,3-4,9H2,1-2H3,(H2,10,11,12,13,14). The SMILES string of the molecule is CN(C)c1nc(NN)nc(NC2CC2)n1. The Kier molecular flexibility index (Phi) is 2.55. The van der Waals surface area contributed by atoms with Gasteiger partial charge >= 0.3 is 0 Å². The van der Waals surface area contributed by atoms with Gasteiger partial charge in [-0.05, 0) is 12.8 Å². The van der Waals surface area contributed by atoms with E-state index >= 15 is 0 Å². The van der Waals surface area contributed by atoms with Crippen molar-refractivity contribution in [1.82, 2.24) is 15.0 Å². The highest BCUT2D eigenvalue weighted by atomic mass is 15.4. The molecule has 2 rings (SSSR count). The third-order valence-electron chi connectivity index (χ3n) is 2.06. The van der Waals surface area contributed by atoms with Gasteiger partial charge in [0, 0.05) is 20.1 Å². The topological polar surface area (TPSA) is 92.0 Å². The van der Waals surface area contributed by atoms with Crippen LogP contribution in [0.5, 0.6) is 0 Å². The molecule has 1 fully saturated rings. The number of hydrogen-bond acceptors (Lipinski definition) is 7. The predicted molar refractivity (Wildman–Crippen MR) is 58.6 cm³/mol. The normalized spacial score (nSPS) is 14.9. The van der Waals surface area contributed by atoms with Crippen LogP contribution in [0.4, 0.5) is 17.8 Å². The van der Waals surface area contributed by atoms with Crippen LogP contribution in [0.25, 0.3) is 0 Å². The number of hydrogen-bond donors (Lipinski definition) is 3. The zero-order valence-electron chi connectivity index (χ0n) is 8.86. The van der Waals surface area contributed by atoms with E-state index in [2.05, 4.69) is 25.7 Å². The second kappa shape index (κ2) is 3.85. The molecule has 7 heteroatoms. The summed E-state index contributed by atoms with van der Waals surface area (Å²) in [6, 6.07) is 0.507. The molecule has 0 aliphatic heterocycles. The Morgan fingerprint density at radius 2 is 1.87 bits per heavy atom. The van der Waals surface area contributed by atoms with E-state index in [0.717, 1.165) is 0 Å². The van der Waals surface area contributed by atoms with Gasteiger partial charge in [-0.25, -0.2) is 5.84 Å². The molecule has 0 saturated heterocycles. The minimum atomic E-state index is 0.372. The minimum absolute atomic E-state index is 0.372. The smallest absolute Gasteiger partial charge is 0.243 e. The van der Waals surface area contributed by atoms with Gasteiger partial charge < -0.3 is 10.2 Å². The van der Waals surface area contributed by atoms with Crippen molar-refractivity contribution in [1.29, 1.82) is 0 Å². The highest BCUT2D eigenvalue weighted by Crippen LogP contribution is 2.23. The second-order valence-electron chi connectivity index (χ2n) is 3.74. The molecule has 0 unspecified atom stereocenters. The van der Waals surface area contributed by atoms with E-state index in [4.69, 9.17) is 5.84 Å². The first-order valence-corrected chi connectivity index (χ1v) is 4.85. The van der Waals surface area contributed by atoms with Crippen LogP contribution in [0, 0.1) is 0 Å². The number of aromatic nitrogens is 3. The number of nitrogens with two attached hydrogens (primary N) is 1.